The van der Waals surface area contributed by atoms with Gasteiger partial charge in [-0.2, -0.15) is 0 Å². The van der Waals surface area contributed by atoms with Crippen LogP contribution in [0.5, 0.6) is 0 Å². The van der Waals surface area contributed by atoms with Gasteiger partial charge in [0.25, 0.3) is 10.0 Å². The Morgan fingerprint density at radius 2 is 1.70 bits per heavy atom. The van der Waals surface area contributed by atoms with Crippen LogP contribution in [0.2, 0.25) is 5.02 Å². The van der Waals surface area contributed by atoms with Gasteiger partial charge in [0, 0.05) is 24.7 Å². The Hall–Kier alpha value is -2.48. The lowest BCUT2D eigenvalue weighted by molar-refractivity contribution is 0.569. The van der Waals surface area contributed by atoms with Crippen molar-refractivity contribution in [1.82, 2.24) is 5.32 Å². The van der Waals surface area contributed by atoms with Gasteiger partial charge in [-0.25, -0.2) is 22.5 Å². The summed E-state index contributed by atoms with van der Waals surface area (Å²) in [4.78, 5) is -0.0833. The number of hydrogen-bond acceptors (Lipinski definition) is 2. The average molecular weight is 450 g/mol. The Balaban J connectivity index is 2.23. The Labute approximate surface area is 180 Å². The summed E-state index contributed by atoms with van der Waals surface area (Å²) < 4.78 is 56.8. The molecule has 0 bridgehead atoms. The van der Waals surface area contributed by atoms with Crippen LogP contribution >= 0.6 is 11.6 Å². The lowest BCUT2D eigenvalue weighted by Gasteiger charge is -2.32. The SMILES string of the molecule is C[N]Cc1ccccc1[C@@H](C)N(c1cc(F)ccc1F)S(=O)(=O)c1ccc(Cl)cc1. The summed E-state index contributed by atoms with van der Waals surface area (Å²) in [5.74, 6) is -1.59. The lowest BCUT2D eigenvalue weighted by Crippen LogP contribution is -2.35. The fourth-order valence-electron chi connectivity index (χ4n) is 3.30. The smallest absolute Gasteiger partial charge is 0.256 e. The van der Waals surface area contributed by atoms with Gasteiger partial charge in [-0.05, 0) is 54.4 Å². The van der Waals surface area contributed by atoms with Crippen molar-refractivity contribution >= 4 is 27.3 Å². The third-order valence-corrected chi connectivity index (χ3v) is 6.85. The number of hydrogen-bond donors (Lipinski definition) is 0. The second-order valence-electron chi connectivity index (χ2n) is 6.70. The molecule has 0 unspecified atom stereocenters. The Kier molecular flexibility index (Phi) is 6.75. The van der Waals surface area contributed by atoms with Crippen LogP contribution in [0.15, 0.2) is 71.6 Å². The van der Waals surface area contributed by atoms with Crippen molar-refractivity contribution in [2.75, 3.05) is 11.4 Å². The monoisotopic (exact) mass is 449 g/mol. The Morgan fingerprint density at radius 3 is 2.37 bits per heavy atom. The molecule has 157 valence electrons. The zero-order valence-electron chi connectivity index (χ0n) is 16.4. The quantitative estimate of drug-likeness (QED) is 0.491. The van der Waals surface area contributed by atoms with E-state index in [1.807, 2.05) is 12.1 Å². The molecule has 30 heavy (non-hydrogen) atoms. The third-order valence-electron chi connectivity index (χ3n) is 4.70. The summed E-state index contributed by atoms with van der Waals surface area (Å²) in [6.07, 6.45) is 0. The summed E-state index contributed by atoms with van der Waals surface area (Å²) in [5.41, 5.74) is 1.06. The van der Waals surface area contributed by atoms with Crippen LogP contribution in [0.3, 0.4) is 0 Å². The largest absolute Gasteiger partial charge is 0.264 e. The first-order valence-electron chi connectivity index (χ1n) is 9.14. The van der Waals surface area contributed by atoms with E-state index in [1.54, 1.807) is 26.1 Å². The van der Waals surface area contributed by atoms with Gasteiger partial charge >= 0.3 is 0 Å². The molecule has 0 aliphatic heterocycles. The lowest BCUT2D eigenvalue weighted by atomic mass is 10.0. The van der Waals surface area contributed by atoms with Crippen molar-refractivity contribution in [2.45, 2.75) is 24.4 Å². The fourth-order valence-corrected chi connectivity index (χ4v) is 5.07. The van der Waals surface area contributed by atoms with E-state index >= 15 is 0 Å². The van der Waals surface area contributed by atoms with Crippen LogP contribution in [0, 0.1) is 11.6 Å². The molecule has 0 spiro atoms. The highest BCUT2D eigenvalue weighted by molar-refractivity contribution is 7.92. The molecule has 0 N–H and O–H groups in total. The minimum Gasteiger partial charge on any atom is -0.256 e. The van der Waals surface area contributed by atoms with Gasteiger partial charge in [-0.3, -0.25) is 4.31 Å². The van der Waals surface area contributed by atoms with E-state index in [9.17, 15) is 17.2 Å². The van der Waals surface area contributed by atoms with Crippen LogP contribution in [-0.4, -0.2) is 15.5 Å². The Bertz CT molecular complexity index is 1140. The molecule has 3 aromatic rings. The van der Waals surface area contributed by atoms with Crippen LogP contribution < -0.4 is 9.62 Å². The van der Waals surface area contributed by atoms with Crippen LogP contribution in [0.4, 0.5) is 14.5 Å². The van der Waals surface area contributed by atoms with Crippen molar-refractivity contribution in [3.8, 4) is 0 Å². The van der Waals surface area contributed by atoms with Gasteiger partial charge in [0.15, 0.2) is 0 Å². The fraction of sp³-hybridized carbons (Fsp3) is 0.182. The second-order valence-corrected chi connectivity index (χ2v) is 8.95. The molecule has 1 radical (unpaired) electrons. The maximum Gasteiger partial charge on any atom is 0.264 e. The number of halogens is 3. The summed E-state index contributed by atoms with van der Waals surface area (Å²) >= 11 is 5.89. The van der Waals surface area contributed by atoms with E-state index in [0.717, 1.165) is 28.1 Å². The van der Waals surface area contributed by atoms with Gasteiger partial charge < -0.3 is 0 Å². The number of benzene rings is 3. The summed E-state index contributed by atoms with van der Waals surface area (Å²) in [7, 11) is -2.60. The molecular weight excluding hydrogens is 430 g/mol. The average Bonchev–Trinajstić information content (AvgIpc) is 2.71. The normalized spacial score (nSPS) is 12.6. The van der Waals surface area contributed by atoms with Crippen molar-refractivity contribution in [3.05, 3.63) is 94.5 Å². The first kappa shape index (κ1) is 22.2. The number of sulfonamides is 1. The molecule has 0 aliphatic carbocycles. The van der Waals surface area contributed by atoms with Crippen LogP contribution in [-0.2, 0) is 16.6 Å². The zero-order chi connectivity index (χ0) is 21.9. The van der Waals surface area contributed by atoms with E-state index in [4.69, 9.17) is 11.6 Å². The van der Waals surface area contributed by atoms with Gasteiger partial charge in [0.2, 0.25) is 0 Å². The minimum absolute atomic E-state index is 0.0833. The molecule has 3 rings (SSSR count). The second kappa shape index (κ2) is 9.12. The molecule has 0 heterocycles. The van der Waals surface area contributed by atoms with Crippen LogP contribution in [0.1, 0.15) is 24.1 Å². The Morgan fingerprint density at radius 1 is 1.03 bits per heavy atom. The molecule has 0 saturated carbocycles. The molecule has 0 saturated heterocycles. The van der Waals surface area contributed by atoms with Gasteiger partial charge in [-0.1, -0.05) is 35.9 Å². The van der Waals surface area contributed by atoms with Crippen molar-refractivity contribution < 1.29 is 17.2 Å². The topological polar surface area (TPSA) is 51.5 Å². The molecule has 1 atom stereocenters. The van der Waals surface area contributed by atoms with Crippen LogP contribution in [0.25, 0.3) is 0 Å². The molecule has 0 aromatic heterocycles. The van der Waals surface area contributed by atoms with Crippen molar-refractivity contribution in [3.63, 3.8) is 0 Å². The molecule has 4 nitrogen and oxygen atoms in total. The minimum atomic E-state index is -4.25. The number of rotatable bonds is 7. The van der Waals surface area contributed by atoms with E-state index in [0.29, 0.717) is 17.1 Å². The maximum atomic E-state index is 14.7. The van der Waals surface area contributed by atoms with Gasteiger partial charge in [0.05, 0.1) is 16.6 Å². The molecule has 0 fully saturated rings. The number of nitrogens with zero attached hydrogens (tertiary/aromatic N) is 2. The zero-order valence-corrected chi connectivity index (χ0v) is 18.0. The highest BCUT2D eigenvalue weighted by Gasteiger charge is 2.33. The summed E-state index contributed by atoms with van der Waals surface area (Å²) in [5, 5.41) is 4.49. The number of anilines is 1. The molecule has 0 aliphatic rings. The van der Waals surface area contributed by atoms with E-state index < -0.39 is 27.7 Å². The molecule has 0 amide bonds. The van der Waals surface area contributed by atoms with E-state index in [-0.39, 0.29) is 10.6 Å². The highest BCUT2D eigenvalue weighted by Crippen LogP contribution is 2.36. The predicted octanol–water partition coefficient (Wildman–Crippen LogP) is 5.31. The van der Waals surface area contributed by atoms with Crippen molar-refractivity contribution in [1.29, 1.82) is 0 Å². The van der Waals surface area contributed by atoms with E-state index in [2.05, 4.69) is 5.32 Å². The molecule has 3 aromatic carbocycles. The first-order chi connectivity index (χ1) is 14.3. The first-order valence-corrected chi connectivity index (χ1v) is 11.0. The van der Waals surface area contributed by atoms with E-state index in [1.165, 1.54) is 24.3 Å². The molecule has 8 heteroatoms. The third kappa shape index (κ3) is 4.48. The van der Waals surface area contributed by atoms with Gasteiger partial charge in [0.1, 0.15) is 11.6 Å². The summed E-state index contributed by atoms with van der Waals surface area (Å²) in [6, 6.07) is 14.6. The summed E-state index contributed by atoms with van der Waals surface area (Å²) in [6.45, 7) is 1.99. The highest BCUT2D eigenvalue weighted by atomic mass is 35.5. The maximum absolute atomic E-state index is 14.7. The molecular formula is C22H20ClF2N2O2S. The predicted molar refractivity (Wildman–Crippen MR) is 114 cm³/mol. The standard InChI is InChI=1S/C22H20ClF2N2O2S/c1-15(20-6-4-3-5-16(20)14-26-2)27(22-13-18(24)9-12-21(22)25)30(28,29)19-10-7-17(23)8-11-19/h3-13,15H,14H2,1-2H3/t15-/m1/s1. The van der Waals surface area contributed by atoms with Crippen molar-refractivity contribution in [2.24, 2.45) is 0 Å². The van der Waals surface area contributed by atoms with Gasteiger partial charge in [-0.15, -0.1) is 0 Å².